The third-order valence-corrected chi connectivity index (χ3v) is 5.37. The highest BCUT2D eigenvalue weighted by Crippen LogP contribution is 2.33. The number of nitrogens with zero attached hydrogens (tertiary/aromatic N) is 5. The summed E-state index contributed by atoms with van der Waals surface area (Å²) >= 11 is 12.4. The summed E-state index contributed by atoms with van der Waals surface area (Å²) in [5.41, 5.74) is 2.66. The first-order valence-corrected chi connectivity index (χ1v) is 10.9. The predicted molar refractivity (Wildman–Crippen MR) is 132 cm³/mol. The van der Waals surface area contributed by atoms with Crippen molar-refractivity contribution in [3.63, 3.8) is 0 Å². The third kappa shape index (κ3) is 5.20. The lowest BCUT2D eigenvalue weighted by Gasteiger charge is -2.19. The summed E-state index contributed by atoms with van der Waals surface area (Å²) in [6.45, 7) is 5.91. The number of nitriles is 1. The van der Waals surface area contributed by atoms with Gasteiger partial charge in [0, 0.05) is 24.5 Å². The quantitative estimate of drug-likeness (QED) is 0.396. The average Bonchev–Trinajstić information content (AvgIpc) is 3.24. The Morgan fingerprint density at radius 3 is 2.76 bits per heavy atom. The second-order valence-electron chi connectivity index (χ2n) is 7.54. The number of hydrogen-bond acceptors (Lipinski definition) is 7. The molecule has 0 N–H and O–H groups in total. The van der Waals surface area contributed by atoms with E-state index in [4.69, 9.17) is 37.6 Å². The fraction of sp³-hybridized carbons (Fsp3) is 0.120. The van der Waals surface area contributed by atoms with Crippen molar-refractivity contribution in [2.75, 3.05) is 7.05 Å². The van der Waals surface area contributed by atoms with Crippen molar-refractivity contribution >= 4 is 35.0 Å². The molecule has 0 amide bonds. The molecule has 0 saturated carbocycles. The average molecular weight is 492 g/mol. The lowest BCUT2D eigenvalue weighted by atomic mass is 10.1. The Morgan fingerprint density at radius 2 is 2.03 bits per heavy atom. The molecule has 0 unspecified atom stereocenters. The van der Waals surface area contributed by atoms with E-state index in [2.05, 4.69) is 21.8 Å². The van der Waals surface area contributed by atoms with Gasteiger partial charge in [0.2, 0.25) is 5.89 Å². The van der Waals surface area contributed by atoms with E-state index in [1.165, 1.54) is 0 Å². The highest BCUT2D eigenvalue weighted by molar-refractivity contribution is 6.32. The Morgan fingerprint density at radius 1 is 1.21 bits per heavy atom. The van der Waals surface area contributed by atoms with Crippen LogP contribution in [-0.2, 0) is 6.42 Å². The molecule has 170 valence electrons. The molecule has 1 aliphatic rings. The zero-order valence-corrected chi connectivity index (χ0v) is 19.9. The summed E-state index contributed by atoms with van der Waals surface area (Å²) in [6, 6.07) is 12.2. The first-order valence-electron chi connectivity index (χ1n) is 10.2. The van der Waals surface area contributed by atoms with Crippen molar-refractivity contribution in [2.24, 2.45) is 4.99 Å². The highest BCUT2D eigenvalue weighted by atomic mass is 35.5. The fourth-order valence-corrected chi connectivity index (χ4v) is 3.68. The number of ether oxygens (including phenoxy) is 1. The normalized spacial score (nSPS) is 14.1. The van der Waals surface area contributed by atoms with Crippen molar-refractivity contribution < 1.29 is 9.15 Å². The van der Waals surface area contributed by atoms with E-state index in [-0.39, 0.29) is 0 Å². The molecule has 0 bridgehead atoms. The zero-order valence-electron chi connectivity index (χ0n) is 18.4. The Kier molecular flexibility index (Phi) is 6.82. The Labute approximate surface area is 206 Å². The van der Waals surface area contributed by atoms with Gasteiger partial charge < -0.3 is 14.1 Å². The second-order valence-corrected chi connectivity index (χ2v) is 8.39. The van der Waals surface area contributed by atoms with Crippen LogP contribution in [-0.4, -0.2) is 28.4 Å². The van der Waals surface area contributed by atoms with Gasteiger partial charge in [0.05, 0.1) is 28.6 Å². The van der Waals surface area contributed by atoms with Crippen LogP contribution in [0.2, 0.25) is 10.0 Å². The largest absolute Gasteiger partial charge is 0.456 e. The minimum Gasteiger partial charge on any atom is -0.456 e. The lowest BCUT2D eigenvalue weighted by Crippen LogP contribution is -2.14. The number of rotatable bonds is 6. The molecule has 34 heavy (non-hydrogen) atoms. The maximum Gasteiger partial charge on any atom is 0.251 e. The number of benzene rings is 2. The van der Waals surface area contributed by atoms with Gasteiger partial charge in [-0.15, -0.1) is 10.2 Å². The van der Waals surface area contributed by atoms with E-state index in [0.29, 0.717) is 56.7 Å². The number of aliphatic imine (C=N–C) groups is 1. The topological polar surface area (TPSA) is 87.5 Å². The number of aromatic nitrogens is 2. The van der Waals surface area contributed by atoms with Crippen LogP contribution >= 0.6 is 23.2 Å². The molecule has 2 heterocycles. The molecule has 1 aliphatic heterocycles. The molecule has 0 aliphatic carbocycles. The second kappa shape index (κ2) is 9.96. The van der Waals surface area contributed by atoms with Crippen molar-refractivity contribution in [1.29, 1.82) is 5.26 Å². The van der Waals surface area contributed by atoms with E-state index in [1.54, 1.807) is 36.5 Å². The summed E-state index contributed by atoms with van der Waals surface area (Å²) < 4.78 is 11.8. The minimum absolute atomic E-state index is 0.338. The first-order chi connectivity index (χ1) is 16.3. The molecular weight excluding hydrogens is 473 g/mol. The smallest absolute Gasteiger partial charge is 0.251 e. The molecule has 0 saturated heterocycles. The third-order valence-electron chi connectivity index (χ3n) is 4.84. The summed E-state index contributed by atoms with van der Waals surface area (Å²) in [5, 5.41) is 18.4. The summed E-state index contributed by atoms with van der Waals surface area (Å²) in [5.74, 6) is 2.25. The SMILES string of the molecule is C=C(C)/C(=C1/N=CC=CN1C)c1nnc(Cc2ccc(Cl)c(Oc3cc(Cl)cc(C#N)c3)c2)o1. The van der Waals surface area contributed by atoms with Crippen molar-refractivity contribution in [2.45, 2.75) is 13.3 Å². The molecule has 0 fully saturated rings. The molecule has 4 rings (SSSR count). The number of allylic oxidation sites excluding steroid dienone is 3. The van der Waals surface area contributed by atoms with Gasteiger partial charge in [0.15, 0.2) is 0 Å². The molecule has 3 aromatic rings. The molecule has 0 spiro atoms. The minimum atomic E-state index is 0.338. The molecule has 0 atom stereocenters. The van der Waals surface area contributed by atoms with Crippen LogP contribution in [0.4, 0.5) is 0 Å². The van der Waals surface area contributed by atoms with E-state index < -0.39 is 0 Å². The molecule has 2 aromatic carbocycles. The number of halogens is 2. The number of hydrogen-bond donors (Lipinski definition) is 0. The van der Waals surface area contributed by atoms with Gasteiger partial charge in [-0.1, -0.05) is 35.8 Å². The van der Waals surface area contributed by atoms with Crippen LogP contribution in [0.15, 0.2) is 76.1 Å². The monoisotopic (exact) mass is 491 g/mol. The Bertz CT molecular complexity index is 1400. The predicted octanol–water partition coefficient (Wildman–Crippen LogP) is 6.41. The molecule has 7 nitrogen and oxygen atoms in total. The van der Waals surface area contributed by atoms with Crippen LogP contribution in [0.1, 0.15) is 29.8 Å². The summed E-state index contributed by atoms with van der Waals surface area (Å²) in [4.78, 5) is 6.29. The van der Waals surface area contributed by atoms with Crippen LogP contribution in [0.25, 0.3) is 5.57 Å². The van der Waals surface area contributed by atoms with Crippen LogP contribution in [0, 0.1) is 11.3 Å². The van der Waals surface area contributed by atoms with E-state index in [1.807, 2.05) is 43.3 Å². The van der Waals surface area contributed by atoms with Crippen molar-refractivity contribution in [1.82, 2.24) is 15.1 Å². The van der Waals surface area contributed by atoms with Gasteiger partial charge in [0.1, 0.15) is 17.3 Å². The molecular formula is C25H19Cl2N5O2. The van der Waals surface area contributed by atoms with Crippen LogP contribution < -0.4 is 4.74 Å². The van der Waals surface area contributed by atoms with E-state index in [0.717, 1.165) is 11.1 Å². The van der Waals surface area contributed by atoms with Gasteiger partial charge >= 0.3 is 0 Å². The van der Waals surface area contributed by atoms with Gasteiger partial charge in [-0.25, -0.2) is 4.99 Å². The fourth-order valence-electron chi connectivity index (χ4n) is 3.30. The van der Waals surface area contributed by atoms with Crippen LogP contribution in [0.3, 0.4) is 0 Å². The highest BCUT2D eigenvalue weighted by Gasteiger charge is 2.20. The lowest BCUT2D eigenvalue weighted by molar-refractivity contribution is 0.479. The van der Waals surface area contributed by atoms with Gasteiger partial charge in [0.25, 0.3) is 5.89 Å². The maximum atomic E-state index is 9.15. The van der Waals surface area contributed by atoms with Crippen molar-refractivity contribution in [3.8, 4) is 17.6 Å². The summed E-state index contributed by atoms with van der Waals surface area (Å²) in [7, 11) is 1.89. The molecule has 0 radical (unpaired) electrons. The zero-order chi connectivity index (χ0) is 24.2. The maximum absolute atomic E-state index is 9.15. The standard InChI is InChI=1S/C25H19Cl2N5O2/c1-15(2)23(24-29-7-4-8-32(24)3)25-31-30-22(34-25)12-16-5-6-20(27)21(11-16)33-19-10-17(14-28)9-18(26)13-19/h4-11,13H,1,12H2,2-3H3/b24-23+. The van der Waals surface area contributed by atoms with Gasteiger partial charge in [-0.2, -0.15) is 5.26 Å². The van der Waals surface area contributed by atoms with E-state index in [9.17, 15) is 0 Å². The molecule has 9 heteroatoms. The Balaban J connectivity index is 1.59. The first kappa shape index (κ1) is 23.3. The van der Waals surface area contributed by atoms with Gasteiger partial charge in [-0.3, -0.25) is 0 Å². The van der Waals surface area contributed by atoms with Crippen molar-refractivity contribution in [3.05, 3.63) is 99.6 Å². The molecule has 1 aromatic heterocycles. The van der Waals surface area contributed by atoms with Crippen LogP contribution in [0.5, 0.6) is 11.5 Å². The summed E-state index contributed by atoms with van der Waals surface area (Å²) in [6.07, 6.45) is 5.78. The van der Waals surface area contributed by atoms with Gasteiger partial charge in [-0.05, 0) is 54.5 Å². The Hall–Kier alpha value is -3.86. The van der Waals surface area contributed by atoms with E-state index >= 15 is 0 Å².